The van der Waals surface area contributed by atoms with Gasteiger partial charge in [0, 0.05) is 17.6 Å². The van der Waals surface area contributed by atoms with Gasteiger partial charge >= 0.3 is 12.1 Å². The number of aromatic carboxylic acids is 1. The Morgan fingerprint density at radius 2 is 1.70 bits per heavy atom. The van der Waals surface area contributed by atoms with E-state index in [-0.39, 0.29) is 17.3 Å². The number of hydrogen-bond donors (Lipinski definition) is 3. The average molecular weight is 434 g/mol. The van der Waals surface area contributed by atoms with Crippen molar-refractivity contribution in [3.8, 4) is 0 Å². The number of alkyl halides is 3. The molecule has 3 rings (SSSR count). The van der Waals surface area contributed by atoms with E-state index in [1.807, 2.05) is 25.5 Å². The van der Waals surface area contributed by atoms with Gasteiger partial charge in [-0.05, 0) is 49.0 Å². The SMILES string of the molecule is CP(C)c1ccccc1Nc1nc(Nc2ccc(C(=O)O)cc2)ncc1C(F)(F)F. The van der Waals surface area contributed by atoms with E-state index in [2.05, 4.69) is 20.6 Å². The molecule has 2 aromatic carbocycles. The first-order valence-electron chi connectivity index (χ1n) is 8.73. The Labute approximate surface area is 171 Å². The summed E-state index contributed by atoms with van der Waals surface area (Å²) < 4.78 is 40.5. The molecule has 0 spiro atoms. The molecule has 6 nitrogen and oxygen atoms in total. The number of para-hydroxylation sites is 1. The quantitative estimate of drug-likeness (QED) is 0.471. The minimum Gasteiger partial charge on any atom is -0.478 e. The second-order valence-electron chi connectivity index (χ2n) is 6.50. The molecular weight excluding hydrogens is 416 g/mol. The van der Waals surface area contributed by atoms with Crippen LogP contribution in [0.25, 0.3) is 0 Å². The van der Waals surface area contributed by atoms with E-state index in [1.54, 1.807) is 12.1 Å². The van der Waals surface area contributed by atoms with E-state index >= 15 is 0 Å². The molecule has 0 aliphatic heterocycles. The van der Waals surface area contributed by atoms with Gasteiger partial charge in [-0.25, -0.2) is 9.78 Å². The van der Waals surface area contributed by atoms with Crippen molar-refractivity contribution in [2.24, 2.45) is 0 Å². The van der Waals surface area contributed by atoms with Gasteiger partial charge in [0.2, 0.25) is 5.95 Å². The van der Waals surface area contributed by atoms with Gasteiger partial charge in [-0.3, -0.25) is 0 Å². The van der Waals surface area contributed by atoms with Crippen molar-refractivity contribution >= 4 is 42.3 Å². The molecule has 0 aliphatic carbocycles. The van der Waals surface area contributed by atoms with Crippen molar-refractivity contribution < 1.29 is 23.1 Å². The maximum absolute atomic E-state index is 13.5. The first kappa shape index (κ1) is 21.5. The molecule has 0 radical (unpaired) electrons. The van der Waals surface area contributed by atoms with Crippen LogP contribution in [0.2, 0.25) is 0 Å². The fraction of sp³-hybridized carbons (Fsp3) is 0.150. The lowest BCUT2D eigenvalue weighted by Crippen LogP contribution is -2.15. The Kier molecular flexibility index (Phi) is 6.22. The summed E-state index contributed by atoms with van der Waals surface area (Å²) in [4.78, 5) is 18.7. The first-order valence-corrected chi connectivity index (χ1v) is 11.0. The molecular formula is C20H18F3N4O2P. The van der Waals surface area contributed by atoms with E-state index in [0.717, 1.165) is 5.30 Å². The van der Waals surface area contributed by atoms with Crippen LogP contribution in [0, 0.1) is 0 Å². The van der Waals surface area contributed by atoms with Gasteiger partial charge in [-0.15, -0.1) is 0 Å². The first-order chi connectivity index (χ1) is 14.1. The standard InChI is InChI=1S/C20H18F3N4O2P/c1-30(2)16-6-4-3-5-15(16)26-17-14(20(21,22)23)11-24-19(27-17)25-13-9-7-12(8-10-13)18(28)29/h3-11H,1-2H3,(H,28,29)(H2,24,25,26,27). The molecule has 0 atom stereocenters. The molecule has 1 heterocycles. The minimum atomic E-state index is -4.64. The third-order valence-electron chi connectivity index (χ3n) is 4.12. The number of carboxylic acid groups (broad SMARTS) is 1. The van der Waals surface area contributed by atoms with Gasteiger partial charge in [0.25, 0.3) is 0 Å². The van der Waals surface area contributed by atoms with Gasteiger partial charge in [0.15, 0.2) is 0 Å². The molecule has 0 saturated heterocycles. The summed E-state index contributed by atoms with van der Waals surface area (Å²) >= 11 is 0. The Bertz CT molecular complexity index is 1060. The molecule has 0 amide bonds. The van der Waals surface area contributed by atoms with E-state index in [1.165, 1.54) is 24.3 Å². The van der Waals surface area contributed by atoms with E-state index in [0.29, 0.717) is 17.6 Å². The second-order valence-corrected chi connectivity index (χ2v) is 8.77. The third-order valence-corrected chi connectivity index (χ3v) is 5.47. The maximum atomic E-state index is 13.5. The summed E-state index contributed by atoms with van der Waals surface area (Å²) in [5.74, 6) is -1.50. The smallest absolute Gasteiger partial charge is 0.421 e. The van der Waals surface area contributed by atoms with Crippen LogP contribution in [0.5, 0.6) is 0 Å². The predicted octanol–water partition coefficient (Wildman–Crippen LogP) is 5.05. The summed E-state index contributed by atoms with van der Waals surface area (Å²) in [5.41, 5.74) is 0.0930. The lowest BCUT2D eigenvalue weighted by atomic mass is 10.2. The van der Waals surface area contributed by atoms with Crippen molar-refractivity contribution in [2.45, 2.75) is 6.18 Å². The minimum absolute atomic E-state index is 0.0543. The van der Waals surface area contributed by atoms with E-state index in [9.17, 15) is 18.0 Å². The van der Waals surface area contributed by atoms with Crippen LogP contribution in [0.3, 0.4) is 0 Å². The number of carboxylic acids is 1. The normalized spacial score (nSPS) is 11.4. The molecule has 3 aromatic rings. The summed E-state index contributed by atoms with van der Waals surface area (Å²) in [5, 5.41) is 15.5. The fourth-order valence-electron chi connectivity index (χ4n) is 2.67. The zero-order valence-corrected chi connectivity index (χ0v) is 16.9. The molecule has 0 saturated carbocycles. The lowest BCUT2D eigenvalue weighted by Gasteiger charge is -2.18. The summed E-state index contributed by atoms with van der Waals surface area (Å²) in [6, 6.07) is 12.8. The zero-order valence-electron chi connectivity index (χ0n) is 16.0. The van der Waals surface area contributed by atoms with Crippen molar-refractivity contribution in [3.63, 3.8) is 0 Å². The number of halogens is 3. The van der Waals surface area contributed by atoms with Crippen LogP contribution in [0.4, 0.5) is 36.3 Å². The molecule has 3 N–H and O–H groups in total. The van der Waals surface area contributed by atoms with Crippen LogP contribution in [0.1, 0.15) is 15.9 Å². The van der Waals surface area contributed by atoms with Crippen LogP contribution in [-0.2, 0) is 6.18 Å². The number of rotatable bonds is 6. The molecule has 1 aromatic heterocycles. The summed E-state index contributed by atoms with van der Waals surface area (Å²) in [6.45, 7) is 4.02. The number of nitrogens with one attached hydrogen (secondary N) is 2. The largest absolute Gasteiger partial charge is 0.478 e. The summed E-state index contributed by atoms with van der Waals surface area (Å²) in [6.07, 6.45) is -3.92. The number of anilines is 4. The highest BCUT2D eigenvalue weighted by atomic mass is 31.1. The van der Waals surface area contributed by atoms with Gasteiger partial charge in [0.1, 0.15) is 11.4 Å². The molecule has 30 heavy (non-hydrogen) atoms. The molecule has 0 unspecified atom stereocenters. The van der Waals surface area contributed by atoms with Crippen molar-refractivity contribution in [1.29, 1.82) is 0 Å². The Morgan fingerprint density at radius 3 is 2.30 bits per heavy atom. The van der Waals surface area contributed by atoms with Gasteiger partial charge in [0.05, 0.1) is 5.56 Å². The third kappa shape index (κ3) is 5.04. The molecule has 0 fully saturated rings. The number of aromatic nitrogens is 2. The average Bonchev–Trinajstić information content (AvgIpc) is 2.68. The summed E-state index contributed by atoms with van der Waals surface area (Å²) in [7, 11) is -0.557. The topological polar surface area (TPSA) is 87.1 Å². The highest BCUT2D eigenvalue weighted by molar-refractivity contribution is 7.64. The Morgan fingerprint density at radius 1 is 1.03 bits per heavy atom. The molecule has 10 heteroatoms. The molecule has 0 aliphatic rings. The number of hydrogen-bond acceptors (Lipinski definition) is 5. The van der Waals surface area contributed by atoms with Gasteiger partial charge in [-0.1, -0.05) is 26.1 Å². The fourth-order valence-corrected chi connectivity index (χ4v) is 3.66. The predicted molar refractivity (Wildman–Crippen MR) is 112 cm³/mol. The Balaban J connectivity index is 1.96. The lowest BCUT2D eigenvalue weighted by molar-refractivity contribution is -0.137. The zero-order chi connectivity index (χ0) is 21.9. The van der Waals surface area contributed by atoms with Gasteiger partial charge in [-0.2, -0.15) is 18.2 Å². The van der Waals surface area contributed by atoms with Gasteiger partial charge < -0.3 is 15.7 Å². The van der Waals surface area contributed by atoms with E-state index in [4.69, 9.17) is 5.11 Å². The van der Waals surface area contributed by atoms with Crippen molar-refractivity contribution in [2.75, 3.05) is 24.0 Å². The maximum Gasteiger partial charge on any atom is 0.421 e. The molecule has 156 valence electrons. The highest BCUT2D eigenvalue weighted by Gasteiger charge is 2.35. The second kappa shape index (κ2) is 8.67. The van der Waals surface area contributed by atoms with Crippen LogP contribution in [-0.4, -0.2) is 34.4 Å². The Hall–Kier alpha value is -3.19. The highest BCUT2D eigenvalue weighted by Crippen LogP contribution is 2.36. The molecule has 0 bridgehead atoms. The monoisotopic (exact) mass is 434 g/mol. The van der Waals surface area contributed by atoms with E-state index < -0.39 is 25.6 Å². The van der Waals surface area contributed by atoms with Crippen LogP contribution >= 0.6 is 7.92 Å². The van der Waals surface area contributed by atoms with Crippen LogP contribution in [0.15, 0.2) is 54.7 Å². The van der Waals surface area contributed by atoms with Crippen molar-refractivity contribution in [3.05, 3.63) is 65.9 Å². The van der Waals surface area contributed by atoms with Crippen LogP contribution < -0.4 is 15.9 Å². The number of carbonyl (C=O) groups is 1. The number of nitrogens with zero attached hydrogens (tertiary/aromatic N) is 2. The van der Waals surface area contributed by atoms with Crippen molar-refractivity contribution in [1.82, 2.24) is 9.97 Å². The number of benzene rings is 2.